The van der Waals surface area contributed by atoms with Crippen molar-refractivity contribution in [3.8, 4) is 0 Å². The Hall–Kier alpha value is -0.380. The number of hydrogen-bond donors (Lipinski definition) is 1. The number of halogens is 1. The van der Waals surface area contributed by atoms with Crippen molar-refractivity contribution >= 4 is 15.9 Å². The molecule has 0 heterocycles. The highest BCUT2D eigenvalue weighted by molar-refractivity contribution is 9.10. The van der Waals surface area contributed by atoms with Crippen LogP contribution in [0.3, 0.4) is 0 Å². The van der Waals surface area contributed by atoms with E-state index in [9.17, 15) is 0 Å². The molecule has 108 valence electrons. The second-order valence-corrected chi connectivity index (χ2v) is 6.39. The smallest absolute Gasteiger partial charge is 0.0330 e. The molecular formula is C16H27BrN2. The zero-order chi connectivity index (χ0) is 14.3. The third-order valence-electron chi connectivity index (χ3n) is 3.40. The van der Waals surface area contributed by atoms with Gasteiger partial charge in [-0.3, -0.25) is 0 Å². The van der Waals surface area contributed by atoms with E-state index in [1.165, 1.54) is 12.1 Å². The average molecular weight is 327 g/mol. The molecule has 1 rings (SSSR count). The van der Waals surface area contributed by atoms with Gasteiger partial charge in [-0.1, -0.05) is 48.8 Å². The van der Waals surface area contributed by atoms with Crippen molar-refractivity contribution in [1.82, 2.24) is 10.2 Å². The summed E-state index contributed by atoms with van der Waals surface area (Å²) in [4.78, 5) is 2.53. The normalized spacial score (nSPS) is 13.2. The molecule has 1 aromatic carbocycles. The molecule has 3 heteroatoms. The Kier molecular flexibility index (Phi) is 7.66. The van der Waals surface area contributed by atoms with Crippen molar-refractivity contribution in [2.75, 3.05) is 26.7 Å². The first-order valence-corrected chi connectivity index (χ1v) is 8.01. The van der Waals surface area contributed by atoms with Crippen LogP contribution in [0, 0.1) is 5.92 Å². The highest BCUT2D eigenvalue weighted by atomic mass is 79.9. The van der Waals surface area contributed by atoms with Gasteiger partial charge in [0, 0.05) is 17.1 Å². The fourth-order valence-corrected chi connectivity index (χ4v) is 2.82. The Balaban J connectivity index is 2.57. The first kappa shape index (κ1) is 16.7. The maximum atomic E-state index is 3.55. The molecule has 0 aliphatic rings. The standard InChI is InChI=1S/C16H27BrN2/c1-5-19(12-13(2)3)10-9-16(18-4)14-7-6-8-15(17)11-14/h6-8,11,13,16,18H,5,9-10,12H2,1-4H3. The summed E-state index contributed by atoms with van der Waals surface area (Å²) < 4.78 is 1.15. The third kappa shape index (κ3) is 6.07. The fourth-order valence-electron chi connectivity index (χ4n) is 2.41. The zero-order valence-corrected chi connectivity index (χ0v) is 14.2. The molecule has 0 aliphatic heterocycles. The van der Waals surface area contributed by atoms with Gasteiger partial charge < -0.3 is 10.2 Å². The van der Waals surface area contributed by atoms with Crippen LogP contribution in [0.2, 0.25) is 0 Å². The molecule has 2 nitrogen and oxygen atoms in total. The van der Waals surface area contributed by atoms with Crippen LogP contribution in [-0.2, 0) is 0 Å². The Morgan fingerprint density at radius 2 is 2.05 bits per heavy atom. The van der Waals surface area contributed by atoms with E-state index in [2.05, 4.69) is 71.2 Å². The highest BCUT2D eigenvalue weighted by Crippen LogP contribution is 2.21. The predicted octanol–water partition coefficient (Wildman–Crippen LogP) is 4.08. The summed E-state index contributed by atoms with van der Waals surface area (Å²) in [6.45, 7) is 10.3. The predicted molar refractivity (Wildman–Crippen MR) is 87.5 cm³/mol. The van der Waals surface area contributed by atoms with Crippen LogP contribution in [-0.4, -0.2) is 31.6 Å². The number of rotatable bonds is 8. The summed E-state index contributed by atoms with van der Waals surface area (Å²) in [5.74, 6) is 0.735. The second kappa shape index (κ2) is 8.72. The average Bonchev–Trinajstić information content (AvgIpc) is 2.37. The molecule has 0 aromatic heterocycles. The summed E-state index contributed by atoms with van der Waals surface area (Å²) in [6, 6.07) is 9.02. The molecule has 0 amide bonds. The van der Waals surface area contributed by atoms with Crippen LogP contribution in [0.5, 0.6) is 0 Å². The van der Waals surface area contributed by atoms with Crippen LogP contribution in [0.15, 0.2) is 28.7 Å². The van der Waals surface area contributed by atoms with Gasteiger partial charge >= 0.3 is 0 Å². The molecule has 0 fully saturated rings. The van der Waals surface area contributed by atoms with Crippen molar-refractivity contribution in [2.24, 2.45) is 5.92 Å². The molecule has 0 radical (unpaired) electrons. The Morgan fingerprint density at radius 3 is 2.58 bits per heavy atom. The van der Waals surface area contributed by atoms with E-state index >= 15 is 0 Å². The van der Waals surface area contributed by atoms with Crippen molar-refractivity contribution in [3.63, 3.8) is 0 Å². The fraction of sp³-hybridized carbons (Fsp3) is 0.625. The van der Waals surface area contributed by atoms with Crippen LogP contribution in [0.25, 0.3) is 0 Å². The Labute approximate surface area is 126 Å². The Morgan fingerprint density at radius 1 is 1.32 bits per heavy atom. The molecule has 0 saturated carbocycles. The maximum absolute atomic E-state index is 3.55. The van der Waals surface area contributed by atoms with E-state index in [0.29, 0.717) is 6.04 Å². The number of nitrogens with zero attached hydrogens (tertiary/aromatic N) is 1. The first-order valence-electron chi connectivity index (χ1n) is 7.21. The minimum Gasteiger partial charge on any atom is -0.313 e. The summed E-state index contributed by atoms with van der Waals surface area (Å²) in [5, 5.41) is 3.43. The second-order valence-electron chi connectivity index (χ2n) is 5.47. The van der Waals surface area contributed by atoms with Gasteiger partial charge in [-0.05, 0) is 50.2 Å². The molecule has 0 spiro atoms. The molecule has 1 N–H and O–H groups in total. The lowest BCUT2D eigenvalue weighted by Crippen LogP contribution is -2.31. The van der Waals surface area contributed by atoms with Crippen LogP contribution >= 0.6 is 15.9 Å². The highest BCUT2D eigenvalue weighted by Gasteiger charge is 2.12. The lowest BCUT2D eigenvalue weighted by molar-refractivity contribution is 0.243. The van der Waals surface area contributed by atoms with Gasteiger partial charge in [-0.15, -0.1) is 0 Å². The molecule has 0 aliphatic carbocycles. The van der Waals surface area contributed by atoms with E-state index in [1.54, 1.807) is 0 Å². The van der Waals surface area contributed by atoms with Gasteiger partial charge in [0.15, 0.2) is 0 Å². The lowest BCUT2D eigenvalue weighted by Gasteiger charge is -2.25. The van der Waals surface area contributed by atoms with Gasteiger partial charge in [0.05, 0.1) is 0 Å². The third-order valence-corrected chi connectivity index (χ3v) is 3.90. The number of nitrogens with one attached hydrogen (secondary N) is 1. The van der Waals surface area contributed by atoms with Crippen LogP contribution < -0.4 is 5.32 Å². The summed E-state index contributed by atoms with van der Waals surface area (Å²) in [5.41, 5.74) is 1.36. The van der Waals surface area contributed by atoms with Gasteiger partial charge in [-0.2, -0.15) is 0 Å². The minimum absolute atomic E-state index is 0.429. The van der Waals surface area contributed by atoms with Gasteiger partial charge in [0.25, 0.3) is 0 Å². The molecule has 0 bridgehead atoms. The molecule has 1 unspecified atom stereocenters. The molecule has 0 saturated heterocycles. The lowest BCUT2D eigenvalue weighted by atomic mass is 10.0. The van der Waals surface area contributed by atoms with E-state index in [1.807, 2.05) is 7.05 Å². The van der Waals surface area contributed by atoms with E-state index < -0.39 is 0 Å². The van der Waals surface area contributed by atoms with Crippen molar-refractivity contribution in [1.29, 1.82) is 0 Å². The van der Waals surface area contributed by atoms with E-state index in [0.717, 1.165) is 29.9 Å². The topological polar surface area (TPSA) is 15.3 Å². The number of benzene rings is 1. The van der Waals surface area contributed by atoms with Crippen LogP contribution in [0.1, 0.15) is 38.8 Å². The monoisotopic (exact) mass is 326 g/mol. The van der Waals surface area contributed by atoms with Crippen molar-refractivity contribution in [2.45, 2.75) is 33.2 Å². The summed E-state index contributed by atoms with van der Waals surface area (Å²) in [6.07, 6.45) is 1.15. The van der Waals surface area contributed by atoms with Crippen molar-refractivity contribution in [3.05, 3.63) is 34.3 Å². The van der Waals surface area contributed by atoms with E-state index in [-0.39, 0.29) is 0 Å². The molecular weight excluding hydrogens is 300 g/mol. The van der Waals surface area contributed by atoms with Gasteiger partial charge in [0.2, 0.25) is 0 Å². The molecule has 19 heavy (non-hydrogen) atoms. The quantitative estimate of drug-likeness (QED) is 0.774. The molecule has 1 aromatic rings. The molecule has 1 atom stereocenters. The zero-order valence-electron chi connectivity index (χ0n) is 12.6. The maximum Gasteiger partial charge on any atom is 0.0330 e. The largest absolute Gasteiger partial charge is 0.313 e. The Bertz CT molecular complexity index is 366. The minimum atomic E-state index is 0.429. The first-order chi connectivity index (χ1) is 9.06. The summed E-state index contributed by atoms with van der Waals surface area (Å²) in [7, 11) is 2.05. The SMILES string of the molecule is CCN(CCC(NC)c1cccc(Br)c1)CC(C)C. The van der Waals surface area contributed by atoms with Gasteiger partial charge in [-0.25, -0.2) is 0 Å². The van der Waals surface area contributed by atoms with Crippen molar-refractivity contribution < 1.29 is 0 Å². The van der Waals surface area contributed by atoms with E-state index in [4.69, 9.17) is 0 Å². The van der Waals surface area contributed by atoms with Crippen LogP contribution in [0.4, 0.5) is 0 Å². The van der Waals surface area contributed by atoms with Gasteiger partial charge in [0.1, 0.15) is 0 Å². The number of hydrogen-bond acceptors (Lipinski definition) is 2. The summed E-state index contributed by atoms with van der Waals surface area (Å²) >= 11 is 3.55.